The molecule has 0 saturated carbocycles. The summed E-state index contributed by atoms with van der Waals surface area (Å²) in [7, 11) is 0. The Morgan fingerprint density at radius 2 is 1.82 bits per heavy atom. The fraction of sp³-hybridized carbons (Fsp3) is 0.900. The minimum atomic E-state index is 0. The first-order chi connectivity index (χ1) is 4.81. The molecule has 0 aromatic rings. The van der Waals surface area contributed by atoms with E-state index in [0.29, 0.717) is 0 Å². The summed E-state index contributed by atoms with van der Waals surface area (Å²) < 4.78 is 0. The van der Waals surface area contributed by atoms with Crippen molar-refractivity contribution in [3.8, 4) is 0 Å². The Kier molecular flexibility index (Phi) is 13.6. The first kappa shape index (κ1) is 14.1. The van der Waals surface area contributed by atoms with E-state index >= 15 is 0 Å². The zero-order chi connectivity index (χ0) is 7.82. The van der Waals surface area contributed by atoms with E-state index in [1.165, 1.54) is 32.1 Å². The van der Waals surface area contributed by atoms with Gasteiger partial charge in [-0.25, -0.2) is 0 Å². The van der Waals surface area contributed by atoms with Gasteiger partial charge < -0.3 is 6.92 Å². The van der Waals surface area contributed by atoms with Crippen LogP contribution in [0.5, 0.6) is 0 Å². The molecule has 0 N–H and O–H groups in total. The molecule has 0 nitrogen and oxygen atoms in total. The monoisotopic (exact) mass is 148 g/mol. The average molecular weight is 148 g/mol. The van der Waals surface area contributed by atoms with Gasteiger partial charge in [-0.3, -0.25) is 0 Å². The van der Waals surface area contributed by atoms with Gasteiger partial charge in [0.25, 0.3) is 0 Å². The van der Waals surface area contributed by atoms with Gasteiger partial charge in [0.05, 0.1) is 0 Å². The van der Waals surface area contributed by atoms with Crippen LogP contribution >= 0.6 is 0 Å². The second-order valence-corrected chi connectivity index (χ2v) is 3.22. The Labute approximate surface area is 84.3 Å². The summed E-state index contributed by atoms with van der Waals surface area (Å²) in [6, 6.07) is 0. The second-order valence-electron chi connectivity index (χ2n) is 3.22. The van der Waals surface area contributed by atoms with Gasteiger partial charge in [-0.1, -0.05) is 46.0 Å². The number of hydrogen-bond donors (Lipinski definition) is 0. The molecular formula is C10H21Li. The maximum Gasteiger partial charge on any atom is 1.00 e. The SMILES string of the molecule is [CH2-]CCCCCC(C)CC.[Li+]. The Balaban J connectivity index is 0. The van der Waals surface area contributed by atoms with Crippen LogP contribution in [0.2, 0.25) is 0 Å². The molecule has 1 unspecified atom stereocenters. The zero-order valence-electron chi connectivity index (χ0n) is 8.53. The zero-order valence-corrected chi connectivity index (χ0v) is 8.53. The summed E-state index contributed by atoms with van der Waals surface area (Å²) in [4.78, 5) is 0. The van der Waals surface area contributed by atoms with Gasteiger partial charge in [-0.05, 0) is 5.92 Å². The average Bonchev–Trinajstić information content (AvgIpc) is 1.98. The van der Waals surface area contributed by atoms with Crippen LogP contribution in [0, 0.1) is 12.8 Å². The van der Waals surface area contributed by atoms with Gasteiger partial charge in [0.2, 0.25) is 0 Å². The molecule has 0 bridgehead atoms. The molecule has 1 heteroatoms. The third-order valence-corrected chi connectivity index (χ3v) is 2.14. The molecule has 0 heterocycles. The van der Waals surface area contributed by atoms with E-state index in [2.05, 4.69) is 20.8 Å². The topological polar surface area (TPSA) is 0 Å². The standard InChI is InChI=1S/C10H21.Li/c1-4-6-7-8-9-10(3)5-2;/h10H,1,4-9H2,2-3H3;/q-1;+1. The van der Waals surface area contributed by atoms with E-state index in [0.717, 1.165) is 12.3 Å². The van der Waals surface area contributed by atoms with Crippen LogP contribution in [0.15, 0.2) is 0 Å². The van der Waals surface area contributed by atoms with Crippen molar-refractivity contribution in [2.24, 2.45) is 5.92 Å². The molecule has 0 aliphatic rings. The van der Waals surface area contributed by atoms with Crippen molar-refractivity contribution in [1.82, 2.24) is 0 Å². The number of rotatable bonds is 6. The smallest absolute Gasteiger partial charge is 0.343 e. The van der Waals surface area contributed by atoms with Crippen molar-refractivity contribution < 1.29 is 18.9 Å². The van der Waals surface area contributed by atoms with Crippen molar-refractivity contribution in [2.75, 3.05) is 0 Å². The van der Waals surface area contributed by atoms with Crippen LogP contribution in [0.3, 0.4) is 0 Å². The molecule has 0 aromatic carbocycles. The summed E-state index contributed by atoms with van der Waals surface area (Å²) in [6.07, 6.45) is 7.97. The molecule has 0 aromatic heterocycles. The van der Waals surface area contributed by atoms with Crippen molar-refractivity contribution >= 4 is 0 Å². The van der Waals surface area contributed by atoms with Gasteiger partial charge >= 0.3 is 18.9 Å². The molecule has 0 aliphatic heterocycles. The molecule has 0 amide bonds. The fourth-order valence-electron chi connectivity index (χ4n) is 1.05. The van der Waals surface area contributed by atoms with Gasteiger partial charge in [-0.15, -0.1) is 0 Å². The first-order valence-corrected chi connectivity index (χ1v) is 4.60. The summed E-state index contributed by atoms with van der Waals surface area (Å²) in [5.41, 5.74) is 0. The third kappa shape index (κ3) is 10.6. The van der Waals surface area contributed by atoms with Gasteiger partial charge in [0, 0.05) is 0 Å². The van der Waals surface area contributed by atoms with E-state index in [4.69, 9.17) is 0 Å². The summed E-state index contributed by atoms with van der Waals surface area (Å²) in [5, 5.41) is 0. The Morgan fingerprint density at radius 3 is 2.27 bits per heavy atom. The summed E-state index contributed by atoms with van der Waals surface area (Å²) in [5.74, 6) is 0.935. The van der Waals surface area contributed by atoms with Crippen LogP contribution in [0.1, 0.15) is 52.4 Å². The van der Waals surface area contributed by atoms with E-state index < -0.39 is 0 Å². The van der Waals surface area contributed by atoms with Crippen LogP contribution in [0.25, 0.3) is 0 Å². The van der Waals surface area contributed by atoms with E-state index in [1.54, 1.807) is 0 Å². The minimum absolute atomic E-state index is 0. The van der Waals surface area contributed by atoms with Crippen LogP contribution in [-0.2, 0) is 0 Å². The van der Waals surface area contributed by atoms with Crippen molar-refractivity contribution in [3.63, 3.8) is 0 Å². The summed E-state index contributed by atoms with van der Waals surface area (Å²) in [6.45, 7) is 8.43. The number of hydrogen-bond acceptors (Lipinski definition) is 0. The van der Waals surface area contributed by atoms with E-state index in [-0.39, 0.29) is 18.9 Å². The molecule has 0 spiro atoms. The molecule has 0 aliphatic carbocycles. The van der Waals surface area contributed by atoms with Gasteiger partial charge in [0.15, 0.2) is 0 Å². The second kappa shape index (κ2) is 10.6. The maximum absolute atomic E-state index is 3.82. The molecular weight excluding hydrogens is 127 g/mol. The molecule has 0 rings (SSSR count). The molecule has 0 saturated heterocycles. The molecule has 0 radical (unpaired) electrons. The maximum atomic E-state index is 3.82. The first-order valence-electron chi connectivity index (χ1n) is 4.60. The molecule has 62 valence electrons. The predicted octanol–water partition coefficient (Wildman–Crippen LogP) is 0.821. The molecule has 1 atom stereocenters. The Morgan fingerprint density at radius 1 is 1.18 bits per heavy atom. The minimum Gasteiger partial charge on any atom is -0.343 e. The van der Waals surface area contributed by atoms with Crippen LogP contribution < -0.4 is 18.9 Å². The Bertz CT molecular complexity index is 61.9. The Hall–Kier alpha value is 0.597. The number of unbranched alkanes of at least 4 members (excludes halogenated alkanes) is 3. The third-order valence-electron chi connectivity index (χ3n) is 2.14. The van der Waals surface area contributed by atoms with Crippen LogP contribution in [-0.4, -0.2) is 0 Å². The predicted molar refractivity (Wildman–Crippen MR) is 47.9 cm³/mol. The van der Waals surface area contributed by atoms with Crippen molar-refractivity contribution in [1.29, 1.82) is 0 Å². The van der Waals surface area contributed by atoms with Crippen molar-refractivity contribution in [3.05, 3.63) is 6.92 Å². The van der Waals surface area contributed by atoms with Crippen LogP contribution in [0.4, 0.5) is 0 Å². The normalized spacial score (nSPS) is 12.3. The summed E-state index contributed by atoms with van der Waals surface area (Å²) >= 11 is 0. The van der Waals surface area contributed by atoms with E-state index in [1.807, 2.05) is 0 Å². The molecule has 11 heavy (non-hydrogen) atoms. The quantitative estimate of drug-likeness (QED) is 0.297. The van der Waals surface area contributed by atoms with Crippen molar-refractivity contribution in [2.45, 2.75) is 52.4 Å². The largest absolute Gasteiger partial charge is 1.00 e. The molecule has 0 fully saturated rings. The fourth-order valence-corrected chi connectivity index (χ4v) is 1.05. The van der Waals surface area contributed by atoms with E-state index in [9.17, 15) is 0 Å². The van der Waals surface area contributed by atoms with Gasteiger partial charge in [0.1, 0.15) is 0 Å². The van der Waals surface area contributed by atoms with Gasteiger partial charge in [-0.2, -0.15) is 6.42 Å².